The smallest absolute Gasteiger partial charge is 0.224 e. The van der Waals surface area contributed by atoms with Crippen LogP contribution in [0.3, 0.4) is 0 Å². The zero-order valence-electron chi connectivity index (χ0n) is 21.4. The number of ether oxygens (including phenoxy) is 3. The average molecular weight is 499 g/mol. The molecule has 1 heterocycles. The SMILES string of the molecule is COc1ccc([C@@H]2CC(=O)C3=C(C2)Nc2ccccc2N(C(C)=O)[C@H]3c2ccc(OC)c(OC)c2)cc1. The molecule has 3 aromatic carbocycles. The van der Waals surface area contributed by atoms with Gasteiger partial charge in [-0.25, -0.2) is 0 Å². The molecule has 1 N–H and O–H groups in total. The minimum Gasteiger partial charge on any atom is -0.497 e. The van der Waals surface area contributed by atoms with Crippen molar-refractivity contribution >= 4 is 23.1 Å². The summed E-state index contributed by atoms with van der Waals surface area (Å²) < 4.78 is 16.3. The second-order valence-electron chi connectivity index (χ2n) is 9.24. The minimum absolute atomic E-state index is 0.00625. The van der Waals surface area contributed by atoms with Crippen LogP contribution in [-0.4, -0.2) is 33.0 Å². The molecule has 0 bridgehead atoms. The Morgan fingerprint density at radius 2 is 1.57 bits per heavy atom. The van der Waals surface area contributed by atoms with E-state index in [-0.39, 0.29) is 17.6 Å². The van der Waals surface area contributed by atoms with Gasteiger partial charge in [-0.1, -0.05) is 30.3 Å². The molecule has 0 fully saturated rings. The summed E-state index contributed by atoms with van der Waals surface area (Å²) in [4.78, 5) is 28.9. The van der Waals surface area contributed by atoms with Gasteiger partial charge in [-0.3, -0.25) is 14.5 Å². The van der Waals surface area contributed by atoms with Crippen LogP contribution in [0.2, 0.25) is 0 Å². The molecule has 2 atom stereocenters. The Balaban J connectivity index is 1.68. The molecule has 0 aromatic heterocycles. The number of carbonyl (C=O) groups is 2. The molecule has 2 aliphatic rings. The van der Waals surface area contributed by atoms with Gasteiger partial charge < -0.3 is 19.5 Å². The van der Waals surface area contributed by atoms with Crippen molar-refractivity contribution in [3.05, 3.63) is 89.1 Å². The second kappa shape index (κ2) is 10.0. The molecule has 0 saturated carbocycles. The number of para-hydroxylation sites is 2. The highest BCUT2D eigenvalue weighted by Crippen LogP contribution is 2.48. The fourth-order valence-electron chi connectivity index (χ4n) is 5.39. The number of fused-ring (bicyclic) bond motifs is 1. The molecule has 37 heavy (non-hydrogen) atoms. The molecule has 1 aliphatic carbocycles. The van der Waals surface area contributed by atoms with Crippen LogP contribution in [-0.2, 0) is 9.59 Å². The summed E-state index contributed by atoms with van der Waals surface area (Å²) in [5.74, 6) is 1.75. The largest absolute Gasteiger partial charge is 0.497 e. The van der Waals surface area contributed by atoms with Gasteiger partial charge in [0, 0.05) is 24.6 Å². The van der Waals surface area contributed by atoms with E-state index in [4.69, 9.17) is 14.2 Å². The predicted octanol–water partition coefficient (Wildman–Crippen LogP) is 5.63. The first-order valence-electron chi connectivity index (χ1n) is 12.2. The van der Waals surface area contributed by atoms with Crippen LogP contribution in [0.4, 0.5) is 11.4 Å². The summed E-state index contributed by atoms with van der Waals surface area (Å²) in [6.45, 7) is 1.53. The molecule has 0 radical (unpaired) electrons. The van der Waals surface area contributed by atoms with E-state index >= 15 is 0 Å². The number of ketones is 1. The van der Waals surface area contributed by atoms with E-state index in [9.17, 15) is 9.59 Å². The van der Waals surface area contributed by atoms with E-state index in [0.29, 0.717) is 29.9 Å². The lowest BCUT2D eigenvalue weighted by Crippen LogP contribution is -2.37. The Hall–Kier alpha value is -4.26. The number of nitrogens with zero attached hydrogens (tertiary/aromatic N) is 1. The molecule has 0 spiro atoms. The first kappa shape index (κ1) is 24.4. The van der Waals surface area contributed by atoms with Crippen LogP contribution in [0.25, 0.3) is 0 Å². The van der Waals surface area contributed by atoms with Gasteiger partial charge in [0.1, 0.15) is 5.75 Å². The highest BCUT2D eigenvalue weighted by atomic mass is 16.5. The van der Waals surface area contributed by atoms with Crippen LogP contribution < -0.4 is 24.4 Å². The van der Waals surface area contributed by atoms with E-state index in [0.717, 1.165) is 33.9 Å². The third-order valence-electron chi connectivity index (χ3n) is 7.14. The fraction of sp³-hybridized carbons (Fsp3) is 0.267. The highest BCUT2D eigenvalue weighted by Gasteiger charge is 2.41. The number of nitrogens with one attached hydrogen (secondary N) is 1. The topological polar surface area (TPSA) is 77.1 Å². The van der Waals surface area contributed by atoms with Crippen LogP contribution >= 0.6 is 0 Å². The first-order chi connectivity index (χ1) is 17.9. The van der Waals surface area contributed by atoms with Gasteiger partial charge in [-0.2, -0.15) is 0 Å². The molecule has 1 aliphatic heterocycles. The second-order valence-corrected chi connectivity index (χ2v) is 9.24. The van der Waals surface area contributed by atoms with Crippen LogP contribution in [0.5, 0.6) is 17.2 Å². The molecular weight excluding hydrogens is 468 g/mol. The van der Waals surface area contributed by atoms with Crippen molar-refractivity contribution in [1.82, 2.24) is 0 Å². The van der Waals surface area contributed by atoms with Gasteiger partial charge in [-0.15, -0.1) is 0 Å². The molecule has 7 heteroatoms. The Morgan fingerprint density at radius 1 is 0.865 bits per heavy atom. The minimum atomic E-state index is -0.618. The number of allylic oxidation sites excluding steroid dienone is 1. The number of methoxy groups -OCH3 is 3. The number of rotatable bonds is 5. The maximum atomic E-state index is 14.0. The third kappa shape index (κ3) is 4.42. The number of benzene rings is 3. The van der Waals surface area contributed by atoms with E-state index in [1.807, 2.05) is 66.7 Å². The van der Waals surface area contributed by atoms with Crippen molar-refractivity contribution in [2.75, 3.05) is 31.5 Å². The number of anilines is 2. The molecule has 7 nitrogen and oxygen atoms in total. The van der Waals surface area contributed by atoms with E-state index in [1.165, 1.54) is 6.92 Å². The van der Waals surface area contributed by atoms with Crippen LogP contribution in [0.15, 0.2) is 78.0 Å². The number of hydrogen-bond acceptors (Lipinski definition) is 6. The Kier molecular flexibility index (Phi) is 6.61. The molecule has 1 amide bonds. The number of Topliss-reactive ketones (excluding diaryl/α,β-unsaturated/α-hetero) is 1. The summed E-state index contributed by atoms with van der Waals surface area (Å²) in [5, 5.41) is 3.53. The van der Waals surface area contributed by atoms with Crippen molar-refractivity contribution < 1.29 is 23.8 Å². The predicted molar refractivity (Wildman–Crippen MR) is 143 cm³/mol. The van der Waals surface area contributed by atoms with Crippen molar-refractivity contribution in [2.45, 2.75) is 31.7 Å². The van der Waals surface area contributed by atoms with Crippen molar-refractivity contribution in [2.24, 2.45) is 0 Å². The molecule has 3 aromatic rings. The lowest BCUT2D eigenvalue weighted by atomic mass is 9.78. The summed E-state index contributed by atoms with van der Waals surface area (Å²) in [5.41, 5.74) is 4.78. The highest BCUT2D eigenvalue weighted by molar-refractivity contribution is 6.06. The van der Waals surface area contributed by atoms with Gasteiger partial charge in [0.05, 0.1) is 38.7 Å². The summed E-state index contributed by atoms with van der Waals surface area (Å²) in [6.07, 6.45) is 0.982. The lowest BCUT2D eigenvalue weighted by molar-refractivity contribution is -0.117. The standard InChI is InChI=1S/C30H30N2O5/c1-18(33)32-25-8-6-5-7-23(25)31-24-15-21(19-9-12-22(35-2)13-10-19)16-26(34)29(24)30(32)20-11-14-27(36-3)28(17-20)37-4/h5-14,17,21,30-31H,15-16H2,1-4H3/t21-,30-/m0/s1. The molecule has 5 rings (SSSR count). The quantitative estimate of drug-likeness (QED) is 0.491. The summed E-state index contributed by atoms with van der Waals surface area (Å²) in [7, 11) is 4.79. The maximum absolute atomic E-state index is 14.0. The summed E-state index contributed by atoms with van der Waals surface area (Å²) >= 11 is 0. The van der Waals surface area contributed by atoms with E-state index in [1.54, 1.807) is 26.2 Å². The zero-order valence-corrected chi connectivity index (χ0v) is 21.4. The van der Waals surface area contributed by atoms with E-state index < -0.39 is 6.04 Å². The third-order valence-corrected chi connectivity index (χ3v) is 7.14. The number of amides is 1. The normalized spacial score (nSPS) is 18.8. The van der Waals surface area contributed by atoms with Gasteiger partial charge in [0.15, 0.2) is 17.3 Å². The molecule has 0 unspecified atom stereocenters. The summed E-state index contributed by atoms with van der Waals surface area (Å²) in [6, 6.07) is 20.5. The lowest BCUT2D eigenvalue weighted by Gasteiger charge is -2.34. The van der Waals surface area contributed by atoms with Gasteiger partial charge in [-0.05, 0) is 59.9 Å². The Morgan fingerprint density at radius 3 is 2.24 bits per heavy atom. The van der Waals surface area contributed by atoms with Gasteiger partial charge in [0.25, 0.3) is 0 Å². The number of hydrogen-bond donors (Lipinski definition) is 1. The maximum Gasteiger partial charge on any atom is 0.224 e. The van der Waals surface area contributed by atoms with Gasteiger partial charge >= 0.3 is 0 Å². The Bertz CT molecular complexity index is 1380. The van der Waals surface area contributed by atoms with Crippen molar-refractivity contribution in [1.29, 1.82) is 0 Å². The van der Waals surface area contributed by atoms with Crippen molar-refractivity contribution in [3.63, 3.8) is 0 Å². The van der Waals surface area contributed by atoms with Crippen LogP contribution in [0, 0.1) is 0 Å². The average Bonchev–Trinajstić information content (AvgIpc) is 3.07. The van der Waals surface area contributed by atoms with Gasteiger partial charge in [0.2, 0.25) is 5.91 Å². The fourth-order valence-corrected chi connectivity index (χ4v) is 5.39. The number of carbonyl (C=O) groups excluding carboxylic acids is 2. The van der Waals surface area contributed by atoms with E-state index in [2.05, 4.69) is 5.32 Å². The molecular formula is C30H30N2O5. The van der Waals surface area contributed by atoms with Crippen LogP contribution in [0.1, 0.15) is 42.9 Å². The Labute approximate surface area is 216 Å². The zero-order chi connectivity index (χ0) is 26.1. The first-order valence-corrected chi connectivity index (χ1v) is 12.2. The molecule has 0 saturated heterocycles. The van der Waals surface area contributed by atoms with Crippen molar-refractivity contribution in [3.8, 4) is 17.2 Å². The molecule has 190 valence electrons. The monoisotopic (exact) mass is 498 g/mol.